The highest BCUT2D eigenvalue weighted by Crippen LogP contribution is 2.35. The Balaban J connectivity index is 1.44. The van der Waals surface area contributed by atoms with E-state index in [0.29, 0.717) is 5.92 Å². The molecule has 2 aromatic rings. The standard InChI is InChI=1S/C17H22N6O/c1-21-17(24)6-5-15(20-21)22-7-9-23(10-8-22)16-11-14(18-12-19-16)13-3-2-4-13/h5-6,11-13H,2-4,7-10H2,1H3. The first-order valence-corrected chi connectivity index (χ1v) is 8.57. The average molecular weight is 326 g/mol. The largest absolute Gasteiger partial charge is 0.353 e. The Morgan fingerprint density at radius 1 is 1.00 bits per heavy atom. The smallest absolute Gasteiger partial charge is 0.266 e. The van der Waals surface area contributed by atoms with E-state index in [4.69, 9.17) is 0 Å². The van der Waals surface area contributed by atoms with Gasteiger partial charge in [-0.3, -0.25) is 4.79 Å². The highest BCUT2D eigenvalue weighted by Gasteiger charge is 2.24. The van der Waals surface area contributed by atoms with E-state index in [1.165, 1.54) is 29.6 Å². The second-order valence-corrected chi connectivity index (χ2v) is 6.56. The Labute approximate surface area is 140 Å². The molecule has 0 spiro atoms. The lowest BCUT2D eigenvalue weighted by Gasteiger charge is -2.36. The van der Waals surface area contributed by atoms with Crippen molar-refractivity contribution in [3.8, 4) is 0 Å². The summed E-state index contributed by atoms with van der Waals surface area (Å²) >= 11 is 0. The van der Waals surface area contributed by atoms with Crippen molar-refractivity contribution in [2.75, 3.05) is 36.0 Å². The molecule has 1 aliphatic carbocycles. The molecule has 1 saturated heterocycles. The molecule has 7 heteroatoms. The normalized spacial score (nSPS) is 18.5. The summed E-state index contributed by atoms with van der Waals surface area (Å²) in [6.07, 6.45) is 5.52. The van der Waals surface area contributed by atoms with E-state index in [1.807, 2.05) is 0 Å². The number of anilines is 2. The number of aryl methyl sites for hydroxylation is 1. The van der Waals surface area contributed by atoms with Gasteiger partial charge >= 0.3 is 0 Å². The van der Waals surface area contributed by atoms with E-state index < -0.39 is 0 Å². The average Bonchev–Trinajstić information content (AvgIpc) is 2.56. The summed E-state index contributed by atoms with van der Waals surface area (Å²) < 4.78 is 1.39. The summed E-state index contributed by atoms with van der Waals surface area (Å²) in [6, 6.07) is 5.53. The first kappa shape index (κ1) is 15.1. The minimum atomic E-state index is -0.0816. The second kappa shape index (κ2) is 6.22. The van der Waals surface area contributed by atoms with Crippen molar-refractivity contribution in [3.63, 3.8) is 0 Å². The van der Waals surface area contributed by atoms with Gasteiger partial charge in [-0.1, -0.05) is 6.42 Å². The van der Waals surface area contributed by atoms with Crippen molar-refractivity contribution >= 4 is 11.6 Å². The third-order valence-electron chi connectivity index (χ3n) is 5.07. The quantitative estimate of drug-likeness (QED) is 0.843. The lowest BCUT2D eigenvalue weighted by molar-refractivity contribution is 0.410. The molecule has 0 atom stereocenters. The summed E-state index contributed by atoms with van der Waals surface area (Å²) in [4.78, 5) is 24.9. The fraction of sp³-hybridized carbons (Fsp3) is 0.529. The van der Waals surface area contributed by atoms with Gasteiger partial charge in [-0.2, -0.15) is 5.10 Å². The maximum Gasteiger partial charge on any atom is 0.266 e. The van der Waals surface area contributed by atoms with Gasteiger partial charge in [-0.05, 0) is 18.9 Å². The van der Waals surface area contributed by atoms with Crippen LogP contribution in [0.3, 0.4) is 0 Å². The van der Waals surface area contributed by atoms with E-state index in [0.717, 1.165) is 37.8 Å². The van der Waals surface area contributed by atoms with Crippen LogP contribution in [0.1, 0.15) is 30.9 Å². The number of nitrogens with zero attached hydrogens (tertiary/aromatic N) is 6. The Morgan fingerprint density at radius 3 is 2.33 bits per heavy atom. The Morgan fingerprint density at radius 2 is 1.71 bits per heavy atom. The molecule has 0 aromatic carbocycles. The van der Waals surface area contributed by atoms with E-state index >= 15 is 0 Å². The molecule has 126 valence electrons. The van der Waals surface area contributed by atoms with Crippen LogP contribution in [0.15, 0.2) is 29.3 Å². The summed E-state index contributed by atoms with van der Waals surface area (Å²) in [6.45, 7) is 3.53. The monoisotopic (exact) mass is 326 g/mol. The lowest BCUT2D eigenvalue weighted by Crippen LogP contribution is -2.47. The van der Waals surface area contributed by atoms with Crippen LogP contribution in [0.5, 0.6) is 0 Å². The van der Waals surface area contributed by atoms with Gasteiger partial charge in [0.15, 0.2) is 0 Å². The first-order valence-electron chi connectivity index (χ1n) is 8.57. The van der Waals surface area contributed by atoms with E-state index in [9.17, 15) is 4.79 Å². The molecule has 0 radical (unpaired) electrons. The van der Waals surface area contributed by atoms with Crippen LogP contribution >= 0.6 is 0 Å². The van der Waals surface area contributed by atoms with Crippen molar-refractivity contribution in [1.29, 1.82) is 0 Å². The fourth-order valence-corrected chi connectivity index (χ4v) is 3.28. The van der Waals surface area contributed by atoms with Gasteiger partial charge < -0.3 is 9.80 Å². The van der Waals surface area contributed by atoms with Gasteiger partial charge in [0.1, 0.15) is 18.0 Å². The molecule has 24 heavy (non-hydrogen) atoms. The third-order valence-corrected chi connectivity index (χ3v) is 5.07. The van der Waals surface area contributed by atoms with Crippen LogP contribution in [0.2, 0.25) is 0 Å². The zero-order valence-corrected chi connectivity index (χ0v) is 13.9. The molecule has 4 rings (SSSR count). The van der Waals surface area contributed by atoms with Crippen molar-refractivity contribution in [1.82, 2.24) is 19.7 Å². The highest BCUT2D eigenvalue weighted by molar-refractivity contribution is 5.45. The summed E-state index contributed by atoms with van der Waals surface area (Å²) in [5, 5.41) is 4.34. The number of hydrogen-bond acceptors (Lipinski definition) is 6. The molecule has 2 fully saturated rings. The van der Waals surface area contributed by atoms with Crippen LogP contribution in [0.4, 0.5) is 11.6 Å². The SMILES string of the molecule is Cn1nc(N2CCN(c3cc(C4CCC4)ncn3)CC2)ccc1=O. The maximum atomic E-state index is 11.5. The highest BCUT2D eigenvalue weighted by atomic mass is 16.1. The van der Waals surface area contributed by atoms with Gasteiger partial charge in [0.25, 0.3) is 5.56 Å². The molecule has 3 heterocycles. The molecule has 0 N–H and O–H groups in total. The molecule has 0 amide bonds. The number of aromatic nitrogens is 4. The Kier molecular flexibility index (Phi) is 3.92. The van der Waals surface area contributed by atoms with Crippen molar-refractivity contribution < 1.29 is 0 Å². The molecular formula is C17H22N6O. The predicted octanol–water partition coefficient (Wildman–Crippen LogP) is 1.16. The molecule has 7 nitrogen and oxygen atoms in total. The van der Waals surface area contributed by atoms with Crippen LogP contribution in [-0.4, -0.2) is 45.9 Å². The number of piperazine rings is 1. The van der Waals surface area contributed by atoms with Crippen LogP contribution in [-0.2, 0) is 7.05 Å². The molecule has 0 unspecified atom stereocenters. The molecule has 1 aliphatic heterocycles. The van der Waals surface area contributed by atoms with Gasteiger partial charge in [0.05, 0.1) is 0 Å². The Bertz CT molecular complexity index is 777. The lowest BCUT2D eigenvalue weighted by atomic mass is 9.83. The van der Waals surface area contributed by atoms with Crippen molar-refractivity contribution in [3.05, 3.63) is 40.6 Å². The van der Waals surface area contributed by atoms with Crippen LogP contribution < -0.4 is 15.4 Å². The maximum absolute atomic E-state index is 11.5. The molecule has 1 saturated carbocycles. The topological polar surface area (TPSA) is 67.2 Å². The molecule has 2 aromatic heterocycles. The van der Waals surface area contributed by atoms with Gasteiger partial charge in [0.2, 0.25) is 0 Å². The predicted molar refractivity (Wildman–Crippen MR) is 92.5 cm³/mol. The molecular weight excluding hydrogens is 304 g/mol. The van der Waals surface area contributed by atoms with Crippen molar-refractivity contribution in [2.24, 2.45) is 7.05 Å². The van der Waals surface area contributed by atoms with E-state index in [-0.39, 0.29) is 5.56 Å². The second-order valence-electron chi connectivity index (χ2n) is 6.56. The first-order chi connectivity index (χ1) is 11.7. The van der Waals surface area contributed by atoms with E-state index in [1.54, 1.807) is 25.5 Å². The Hall–Kier alpha value is -2.44. The summed E-state index contributed by atoms with van der Waals surface area (Å²) in [5.41, 5.74) is 1.11. The zero-order chi connectivity index (χ0) is 16.5. The van der Waals surface area contributed by atoms with Crippen molar-refractivity contribution in [2.45, 2.75) is 25.2 Å². The van der Waals surface area contributed by atoms with Crippen LogP contribution in [0.25, 0.3) is 0 Å². The van der Waals surface area contributed by atoms with Crippen LogP contribution in [0, 0.1) is 0 Å². The third kappa shape index (κ3) is 2.86. The minimum absolute atomic E-state index is 0.0816. The molecule has 2 aliphatic rings. The minimum Gasteiger partial charge on any atom is -0.353 e. The van der Waals surface area contributed by atoms with Gasteiger partial charge in [0, 0.05) is 57.0 Å². The number of rotatable bonds is 3. The molecule has 0 bridgehead atoms. The van der Waals surface area contributed by atoms with Gasteiger partial charge in [-0.25, -0.2) is 14.6 Å². The fourth-order valence-electron chi connectivity index (χ4n) is 3.28. The zero-order valence-electron chi connectivity index (χ0n) is 13.9. The summed E-state index contributed by atoms with van der Waals surface area (Å²) in [7, 11) is 1.69. The summed E-state index contributed by atoms with van der Waals surface area (Å²) in [5.74, 6) is 2.51. The van der Waals surface area contributed by atoms with E-state index in [2.05, 4.69) is 30.9 Å². The van der Waals surface area contributed by atoms with Gasteiger partial charge in [-0.15, -0.1) is 0 Å². The number of hydrogen-bond donors (Lipinski definition) is 0.